The van der Waals surface area contributed by atoms with E-state index < -0.39 is 10.0 Å². The van der Waals surface area contributed by atoms with Crippen LogP contribution in [-0.4, -0.2) is 29.1 Å². The molecular formula is C21H23N3O2S. The minimum atomic E-state index is -3.70. The summed E-state index contributed by atoms with van der Waals surface area (Å²) in [6, 6.07) is 17.0. The lowest BCUT2D eigenvalue weighted by Gasteiger charge is -2.21. The van der Waals surface area contributed by atoms with E-state index in [1.807, 2.05) is 61.5 Å². The Bertz CT molecular complexity index is 1110. The molecule has 3 aromatic rings. The highest BCUT2D eigenvalue weighted by Crippen LogP contribution is 2.32. The number of fused-ring (bicyclic) bond motifs is 2. The van der Waals surface area contributed by atoms with Crippen LogP contribution in [0, 0.1) is 0 Å². The minimum Gasteiger partial charge on any atom is -0.377 e. The summed E-state index contributed by atoms with van der Waals surface area (Å²) < 4.78 is 29.3. The number of sulfonamides is 1. The van der Waals surface area contributed by atoms with E-state index in [2.05, 4.69) is 10.0 Å². The van der Waals surface area contributed by atoms with Crippen molar-refractivity contribution in [1.29, 1.82) is 0 Å². The first-order valence-corrected chi connectivity index (χ1v) is 10.5. The molecule has 0 unspecified atom stereocenters. The van der Waals surface area contributed by atoms with Crippen LogP contribution in [0.15, 0.2) is 59.5 Å². The second-order valence-corrected chi connectivity index (χ2v) is 8.65. The molecule has 0 saturated heterocycles. The third-order valence-corrected chi connectivity index (χ3v) is 6.44. The first kappa shape index (κ1) is 17.8. The van der Waals surface area contributed by atoms with Gasteiger partial charge in [0.15, 0.2) is 0 Å². The molecular weight excluding hydrogens is 358 g/mol. The van der Waals surface area contributed by atoms with Crippen molar-refractivity contribution in [2.75, 3.05) is 30.3 Å². The molecule has 27 heavy (non-hydrogen) atoms. The number of rotatable bonds is 4. The van der Waals surface area contributed by atoms with Gasteiger partial charge in [-0.2, -0.15) is 0 Å². The summed E-state index contributed by atoms with van der Waals surface area (Å²) >= 11 is 0. The molecule has 1 heterocycles. The molecule has 5 nitrogen and oxygen atoms in total. The van der Waals surface area contributed by atoms with Gasteiger partial charge in [0.05, 0.1) is 10.6 Å². The van der Waals surface area contributed by atoms with Crippen LogP contribution >= 0.6 is 0 Å². The van der Waals surface area contributed by atoms with Gasteiger partial charge in [0.2, 0.25) is 0 Å². The lowest BCUT2D eigenvalue weighted by molar-refractivity contribution is 0.601. The van der Waals surface area contributed by atoms with E-state index in [0.29, 0.717) is 10.6 Å². The van der Waals surface area contributed by atoms with Crippen molar-refractivity contribution < 1.29 is 8.42 Å². The average molecular weight is 382 g/mol. The molecule has 2 N–H and O–H groups in total. The summed E-state index contributed by atoms with van der Waals surface area (Å²) in [6.45, 7) is 1.62. The van der Waals surface area contributed by atoms with Crippen LogP contribution in [-0.2, 0) is 23.0 Å². The van der Waals surface area contributed by atoms with E-state index in [-0.39, 0.29) is 0 Å². The molecule has 0 radical (unpaired) electrons. The molecule has 3 aromatic carbocycles. The Kier molecular flexibility index (Phi) is 4.53. The summed E-state index contributed by atoms with van der Waals surface area (Å²) in [4.78, 5) is 2.29. The molecule has 0 saturated carbocycles. The van der Waals surface area contributed by atoms with Crippen molar-refractivity contribution in [3.8, 4) is 0 Å². The van der Waals surface area contributed by atoms with Gasteiger partial charge in [0.1, 0.15) is 0 Å². The Morgan fingerprint density at radius 3 is 2.52 bits per heavy atom. The van der Waals surface area contributed by atoms with Crippen molar-refractivity contribution in [3.05, 3.63) is 65.7 Å². The summed E-state index contributed by atoms with van der Waals surface area (Å²) in [5, 5.41) is 4.97. The van der Waals surface area contributed by atoms with Crippen LogP contribution < -0.4 is 14.9 Å². The molecule has 6 heteroatoms. The van der Waals surface area contributed by atoms with E-state index in [1.165, 1.54) is 0 Å². The van der Waals surface area contributed by atoms with E-state index >= 15 is 0 Å². The van der Waals surface area contributed by atoms with Crippen LogP contribution in [0.3, 0.4) is 0 Å². The van der Waals surface area contributed by atoms with Gasteiger partial charge in [-0.05, 0) is 42.3 Å². The lowest BCUT2D eigenvalue weighted by atomic mass is 9.99. The molecule has 0 atom stereocenters. The highest BCUT2D eigenvalue weighted by Gasteiger charge is 2.21. The zero-order chi connectivity index (χ0) is 19.0. The van der Waals surface area contributed by atoms with E-state index in [0.717, 1.165) is 47.1 Å². The fraction of sp³-hybridized carbons (Fsp3) is 0.238. The van der Waals surface area contributed by atoms with E-state index in [4.69, 9.17) is 0 Å². The SMILES string of the molecule is CN(C)c1cccc2c(S(=O)(=O)Nc3cccc4c3CCNC4)cccc12. The normalized spacial score (nSPS) is 14.0. The standard InChI is InChI=1S/C21H23N3O2S/c1-24(2)20-10-4-8-18-17(20)7-5-11-21(18)27(25,26)23-19-9-3-6-15-14-22-13-12-16(15)19/h3-11,22-23H,12-14H2,1-2H3. The molecule has 4 rings (SSSR count). The fourth-order valence-corrected chi connectivity index (χ4v) is 5.03. The number of anilines is 2. The van der Waals surface area contributed by atoms with Gasteiger partial charge in [-0.3, -0.25) is 4.72 Å². The number of hydrogen-bond acceptors (Lipinski definition) is 4. The Morgan fingerprint density at radius 2 is 1.70 bits per heavy atom. The predicted octanol–water partition coefficient (Wildman–Crippen LogP) is 3.35. The first-order valence-electron chi connectivity index (χ1n) is 9.01. The number of benzene rings is 3. The highest BCUT2D eigenvalue weighted by atomic mass is 32.2. The molecule has 140 valence electrons. The Morgan fingerprint density at radius 1 is 0.963 bits per heavy atom. The fourth-order valence-electron chi connectivity index (χ4n) is 3.72. The highest BCUT2D eigenvalue weighted by molar-refractivity contribution is 7.93. The van der Waals surface area contributed by atoms with Crippen LogP contribution in [0.4, 0.5) is 11.4 Å². The van der Waals surface area contributed by atoms with Crippen LogP contribution in [0.5, 0.6) is 0 Å². The van der Waals surface area contributed by atoms with Gasteiger partial charge in [-0.15, -0.1) is 0 Å². The zero-order valence-electron chi connectivity index (χ0n) is 15.5. The van der Waals surface area contributed by atoms with Gasteiger partial charge in [-0.1, -0.05) is 36.4 Å². The van der Waals surface area contributed by atoms with Gasteiger partial charge in [-0.25, -0.2) is 8.42 Å². The molecule has 0 bridgehead atoms. The van der Waals surface area contributed by atoms with Gasteiger partial charge < -0.3 is 10.2 Å². The Hall–Kier alpha value is -2.57. The van der Waals surface area contributed by atoms with Crippen molar-refractivity contribution in [2.24, 2.45) is 0 Å². The third-order valence-electron chi connectivity index (χ3n) is 5.01. The molecule has 0 fully saturated rings. The number of hydrogen-bond donors (Lipinski definition) is 2. The number of nitrogens with one attached hydrogen (secondary N) is 2. The molecule has 0 spiro atoms. The smallest absolute Gasteiger partial charge is 0.262 e. The predicted molar refractivity (Wildman–Crippen MR) is 111 cm³/mol. The maximum atomic E-state index is 13.2. The van der Waals surface area contributed by atoms with Crippen LogP contribution in [0.2, 0.25) is 0 Å². The average Bonchev–Trinajstić information content (AvgIpc) is 2.67. The van der Waals surface area contributed by atoms with Gasteiger partial charge in [0, 0.05) is 37.1 Å². The van der Waals surface area contributed by atoms with Crippen LogP contribution in [0.1, 0.15) is 11.1 Å². The zero-order valence-corrected chi connectivity index (χ0v) is 16.3. The topological polar surface area (TPSA) is 61.4 Å². The van der Waals surface area contributed by atoms with Crippen molar-refractivity contribution in [3.63, 3.8) is 0 Å². The maximum absolute atomic E-state index is 13.2. The monoisotopic (exact) mass is 381 g/mol. The molecule has 1 aliphatic heterocycles. The Labute approximate surface area is 160 Å². The van der Waals surface area contributed by atoms with Gasteiger partial charge >= 0.3 is 0 Å². The first-order chi connectivity index (χ1) is 13.0. The molecule has 0 amide bonds. The molecule has 0 aromatic heterocycles. The number of nitrogens with zero attached hydrogens (tertiary/aromatic N) is 1. The summed E-state index contributed by atoms with van der Waals surface area (Å²) in [5.74, 6) is 0. The summed E-state index contributed by atoms with van der Waals surface area (Å²) in [6.07, 6.45) is 0.814. The third kappa shape index (κ3) is 3.26. The largest absolute Gasteiger partial charge is 0.377 e. The molecule has 0 aliphatic carbocycles. The van der Waals surface area contributed by atoms with Crippen molar-refractivity contribution in [1.82, 2.24) is 5.32 Å². The minimum absolute atomic E-state index is 0.301. The summed E-state index contributed by atoms with van der Waals surface area (Å²) in [7, 11) is 0.209. The van der Waals surface area contributed by atoms with E-state index in [1.54, 1.807) is 12.1 Å². The van der Waals surface area contributed by atoms with E-state index in [9.17, 15) is 8.42 Å². The molecule has 1 aliphatic rings. The summed E-state index contributed by atoms with van der Waals surface area (Å²) in [5.41, 5.74) is 3.89. The quantitative estimate of drug-likeness (QED) is 0.728. The lowest BCUT2D eigenvalue weighted by Crippen LogP contribution is -2.25. The Balaban J connectivity index is 1.81. The van der Waals surface area contributed by atoms with Gasteiger partial charge in [0.25, 0.3) is 10.0 Å². The van der Waals surface area contributed by atoms with Crippen molar-refractivity contribution in [2.45, 2.75) is 17.9 Å². The second-order valence-electron chi connectivity index (χ2n) is 7.00. The maximum Gasteiger partial charge on any atom is 0.262 e. The second kappa shape index (κ2) is 6.87. The van der Waals surface area contributed by atoms with Crippen molar-refractivity contribution >= 4 is 32.2 Å². The van der Waals surface area contributed by atoms with Crippen LogP contribution in [0.25, 0.3) is 10.8 Å².